The lowest BCUT2D eigenvalue weighted by atomic mass is 9.92. The molecule has 0 spiro atoms. The van der Waals surface area contributed by atoms with E-state index in [0.717, 1.165) is 22.4 Å². The third-order valence-corrected chi connectivity index (χ3v) is 3.73. The number of benzene rings is 2. The average Bonchev–Trinajstić information content (AvgIpc) is 2.52. The van der Waals surface area contributed by atoms with Gasteiger partial charge in [0, 0.05) is 0 Å². The number of nitrogens with zero attached hydrogens (tertiary/aromatic N) is 1. The minimum atomic E-state index is -0.851. The molecule has 1 N–H and O–H groups in total. The van der Waals surface area contributed by atoms with Crippen LogP contribution in [0.2, 0.25) is 0 Å². The van der Waals surface area contributed by atoms with Crippen LogP contribution in [0.3, 0.4) is 0 Å². The highest BCUT2D eigenvalue weighted by molar-refractivity contribution is 5.40. The summed E-state index contributed by atoms with van der Waals surface area (Å²) in [7, 11) is 1.78. The van der Waals surface area contributed by atoms with E-state index < -0.39 is 5.54 Å². The third kappa shape index (κ3) is 3.07. The van der Waals surface area contributed by atoms with E-state index in [9.17, 15) is 5.26 Å². The lowest BCUT2D eigenvalue weighted by Gasteiger charge is -2.27. The normalized spacial score (nSPS) is 13.2. The van der Waals surface area contributed by atoms with E-state index in [-0.39, 0.29) is 6.61 Å². The van der Waals surface area contributed by atoms with Gasteiger partial charge in [0.2, 0.25) is 0 Å². The molecule has 1 atom stereocenters. The number of para-hydroxylation sites is 1. The number of ether oxygens (including phenoxy) is 1. The molecule has 0 amide bonds. The Balaban J connectivity index is 2.28. The minimum absolute atomic E-state index is 0.260. The predicted octanol–water partition coefficient (Wildman–Crippen LogP) is 3.32. The van der Waals surface area contributed by atoms with Crippen LogP contribution >= 0.6 is 0 Å². The minimum Gasteiger partial charge on any atom is -0.490 e. The molecule has 0 saturated carbocycles. The van der Waals surface area contributed by atoms with Crippen molar-refractivity contribution in [1.29, 1.82) is 5.26 Å². The Morgan fingerprint density at radius 1 is 1.05 bits per heavy atom. The second kappa shape index (κ2) is 6.43. The van der Waals surface area contributed by atoms with Gasteiger partial charge in [0.25, 0.3) is 0 Å². The maximum Gasteiger partial charge on any atom is 0.166 e. The summed E-state index contributed by atoms with van der Waals surface area (Å²) >= 11 is 0. The second-order valence-electron chi connectivity index (χ2n) is 5.14. The van der Waals surface area contributed by atoms with Gasteiger partial charge in [-0.15, -0.1) is 0 Å². The van der Waals surface area contributed by atoms with E-state index in [1.165, 1.54) is 0 Å². The molecule has 3 heteroatoms. The number of likely N-dealkylation sites (N-methyl/N-ethyl adjacent to an activating group) is 1. The number of hydrogen-bond donors (Lipinski definition) is 1. The molecular formula is C18H20N2O. The monoisotopic (exact) mass is 280 g/mol. The first kappa shape index (κ1) is 15.1. The van der Waals surface area contributed by atoms with Gasteiger partial charge in [0.15, 0.2) is 5.54 Å². The van der Waals surface area contributed by atoms with Crippen molar-refractivity contribution in [3.05, 3.63) is 65.2 Å². The van der Waals surface area contributed by atoms with Crippen molar-refractivity contribution in [1.82, 2.24) is 5.32 Å². The fourth-order valence-electron chi connectivity index (χ4n) is 2.38. The van der Waals surface area contributed by atoms with Crippen molar-refractivity contribution in [3.63, 3.8) is 0 Å². The van der Waals surface area contributed by atoms with E-state index in [1.807, 2.05) is 62.4 Å². The molecule has 2 aromatic carbocycles. The molecule has 0 bridgehead atoms. The summed E-state index contributed by atoms with van der Waals surface area (Å²) in [6.45, 7) is 4.28. The first-order chi connectivity index (χ1) is 10.1. The smallest absolute Gasteiger partial charge is 0.166 e. The van der Waals surface area contributed by atoms with Crippen LogP contribution in [0.4, 0.5) is 0 Å². The molecule has 0 aromatic heterocycles. The predicted molar refractivity (Wildman–Crippen MR) is 84.2 cm³/mol. The van der Waals surface area contributed by atoms with E-state index in [4.69, 9.17) is 4.74 Å². The summed E-state index contributed by atoms with van der Waals surface area (Å²) in [5, 5.41) is 12.8. The standard InChI is InChI=1S/C18H20N2O/c1-14-8-7-9-15(2)17(14)21-13-18(12-19,20-3)16-10-5-4-6-11-16/h4-11,20H,13H2,1-3H3. The lowest BCUT2D eigenvalue weighted by molar-refractivity contribution is 0.228. The Hall–Kier alpha value is -2.31. The zero-order chi connectivity index (χ0) is 15.3. The van der Waals surface area contributed by atoms with Crippen LogP contribution in [0.15, 0.2) is 48.5 Å². The van der Waals surface area contributed by atoms with Crippen LogP contribution < -0.4 is 10.1 Å². The molecule has 1 unspecified atom stereocenters. The van der Waals surface area contributed by atoms with Crippen LogP contribution in [0, 0.1) is 25.2 Å². The zero-order valence-corrected chi connectivity index (χ0v) is 12.7. The number of hydrogen-bond acceptors (Lipinski definition) is 3. The van der Waals surface area contributed by atoms with E-state index in [0.29, 0.717) is 0 Å². The molecule has 0 heterocycles. The summed E-state index contributed by atoms with van der Waals surface area (Å²) in [6, 6.07) is 18.1. The fraction of sp³-hybridized carbons (Fsp3) is 0.278. The number of aryl methyl sites for hydroxylation is 2. The number of nitrogens with one attached hydrogen (secondary N) is 1. The molecule has 21 heavy (non-hydrogen) atoms. The Morgan fingerprint density at radius 2 is 1.67 bits per heavy atom. The van der Waals surface area contributed by atoms with E-state index >= 15 is 0 Å². The molecule has 2 rings (SSSR count). The zero-order valence-electron chi connectivity index (χ0n) is 12.7. The van der Waals surface area contributed by atoms with Gasteiger partial charge in [-0.3, -0.25) is 5.32 Å². The third-order valence-electron chi connectivity index (χ3n) is 3.73. The van der Waals surface area contributed by atoms with Crippen LogP contribution in [-0.4, -0.2) is 13.7 Å². The Labute approximate surface area is 126 Å². The molecule has 108 valence electrons. The van der Waals surface area contributed by atoms with Gasteiger partial charge in [-0.2, -0.15) is 5.26 Å². The van der Waals surface area contributed by atoms with Crippen LogP contribution in [0.25, 0.3) is 0 Å². The van der Waals surface area contributed by atoms with Crippen LogP contribution in [-0.2, 0) is 5.54 Å². The molecular weight excluding hydrogens is 260 g/mol. The summed E-state index contributed by atoms with van der Waals surface area (Å²) in [5.74, 6) is 0.850. The van der Waals surface area contributed by atoms with E-state index in [1.54, 1.807) is 7.05 Å². The first-order valence-electron chi connectivity index (χ1n) is 6.97. The van der Waals surface area contributed by atoms with Crippen molar-refractivity contribution >= 4 is 0 Å². The summed E-state index contributed by atoms with van der Waals surface area (Å²) in [5.41, 5.74) is 2.20. The molecule has 2 aromatic rings. The van der Waals surface area contributed by atoms with Gasteiger partial charge in [0.05, 0.1) is 6.07 Å². The van der Waals surface area contributed by atoms with Gasteiger partial charge in [-0.25, -0.2) is 0 Å². The van der Waals surface area contributed by atoms with Gasteiger partial charge in [-0.05, 0) is 37.6 Å². The lowest BCUT2D eigenvalue weighted by Crippen LogP contribution is -2.44. The molecule has 0 fully saturated rings. The number of nitriles is 1. The molecule has 0 aliphatic heterocycles. The summed E-state index contributed by atoms with van der Waals surface area (Å²) in [6.07, 6.45) is 0. The van der Waals surface area contributed by atoms with Gasteiger partial charge >= 0.3 is 0 Å². The van der Waals surface area contributed by atoms with Crippen LogP contribution in [0.5, 0.6) is 5.75 Å². The van der Waals surface area contributed by atoms with Gasteiger partial charge < -0.3 is 4.74 Å². The molecule has 0 saturated heterocycles. The van der Waals surface area contributed by atoms with Gasteiger partial charge in [0.1, 0.15) is 12.4 Å². The molecule has 3 nitrogen and oxygen atoms in total. The SMILES string of the molecule is CNC(C#N)(COc1c(C)cccc1C)c1ccccc1. The number of rotatable bonds is 5. The topological polar surface area (TPSA) is 45.0 Å². The average molecular weight is 280 g/mol. The Kier molecular flexibility index (Phi) is 4.62. The largest absolute Gasteiger partial charge is 0.490 e. The molecule has 0 aliphatic carbocycles. The Bertz CT molecular complexity index is 626. The first-order valence-corrected chi connectivity index (χ1v) is 6.97. The molecule has 0 radical (unpaired) electrons. The fourth-order valence-corrected chi connectivity index (χ4v) is 2.38. The summed E-state index contributed by atoms with van der Waals surface area (Å²) in [4.78, 5) is 0. The second-order valence-corrected chi connectivity index (χ2v) is 5.14. The van der Waals surface area contributed by atoms with Crippen molar-refractivity contribution in [2.24, 2.45) is 0 Å². The van der Waals surface area contributed by atoms with E-state index in [2.05, 4.69) is 11.4 Å². The van der Waals surface area contributed by atoms with Crippen molar-refractivity contribution in [3.8, 4) is 11.8 Å². The Morgan fingerprint density at radius 3 is 2.19 bits per heavy atom. The van der Waals surface area contributed by atoms with Crippen molar-refractivity contribution in [2.45, 2.75) is 19.4 Å². The van der Waals surface area contributed by atoms with Crippen LogP contribution in [0.1, 0.15) is 16.7 Å². The maximum atomic E-state index is 9.65. The highest BCUT2D eigenvalue weighted by atomic mass is 16.5. The van der Waals surface area contributed by atoms with Crippen molar-refractivity contribution in [2.75, 3.05) is 13.7 Å². The van der Waals surface area contributed by atoms with Crippen molar-refractivity contribution < 1.29 is 4.74 Å². The summed E-state index contributed by atoms with van der Waals surface area (Å²) < 4.78 is 5.98. The van der Waals surface area contributed by atoms with Gasteiger partial charge in [-0.1, -0.05) is 48.5 Å². The highest BCUT2D eigenvalue weighted by Crippen LogP contribution is 2.26. The highest BCUT2D eigenvalue weighted by Gasteiger charge is 2.31. The maximum absolute atomic E-state index is 9.65. The molecule has 0 aliphatic rings. The quantitative estimate of drug-likeness (QED) is 0.913.